The third-order valence-electron chi connectivity index (χ3n) is 5.37. The van der Waals surface area contributed by atoms with E-state index in [2.05, 4.69) is 15.0 Å². The molecule has 9 heteroatoms. The van der Waals surface area contributed by atoms with Crippen molar-refractivity contribution in [2.45, 2.75) is 0 Å². The number of nitrogens with zero attached hydrogens (tertiary/aromatic N) is 3. The number of H-pyrrole nitrogens is 1. The van der Waals surface area contributed by atoms with Gasteiger partial charge in [0.2, 0.25) is 0 Å². The Kier molecular flexibility index (Phi) is 4.98. The van der Waals surface area contributed by atoms with Crippen LogP contribution >= 0.6 is 0 Å². The molecule has 0 aliphatic carbocycles. The summed E-state index contributed by atoms with van der Waals surface area (Å²) in [5.74, 6) is -1.77. The second kappa shape index (κ2) is 8.14. The number of aromatic nitrogens is 4. The molecule has 3 aromatic carbocycles. The number of carboxylic acid groups (broad SMARTS) is 1. The van der Waals surface area contributed by atoms with Gasteiger partial charge in [0.25, 0.3) is 5.91 Å². The summed E-state index contributed by atoms with van der Waals surface area (Å²) < 4.78 is 1.19. The van der Waals surface area contributed by atoms with Gasteiger partial charge in [-0.15, -0.1) is 0 Å². The van der Waals surface area contributed by atoms with Crippen molar-refractivity contribution >= 4 is 23.0 Å². The van der Waals surface area contributed by atoms with Crippen LogP contribution in [0.5, 0.6) is 0 Å². The number of carboxylic acids is 1. The lowest BCUT2D eigenvalue weighted by Crippen LogP contribution is -2.15. The summed E-state index contributed by atoms with van der Waals surface area (Å²) in [5.41, 5.74) is 7.91. The molecule has 4 N–H and O–H groups in total. The Balaban J connectivity index is 1.69. The largest absolute Gasteiger partial charge is 0.478 e. The molecular weight excluding hydrogens is 434 g/mol. The summed E-state index contributed by atoms with van der Waals surface area (Å²) in [5, 5.41) is 9.32. The van der Waals surface area contributed by atoms with E-state index in [9.17, 15) is 19.5 Å². The van der Waals surface area contributed by atoms with Crippen LogP contribution in [0.25, 0.3) is 39.4 Å². The molecule has 0 aliphatic rings. The first-order valence-electron chi connectivity index (χ1n) is 10.2. The number of benzene rings is 3. The number of amides is 1. The number of hydrogen-bond acceptors (Lipinski definition) is 5. The van der Waals surface area contributed by atoms with Gasteiger partial charge in [-0.1, -0.05) is 60.7 Å². The topological polar surface area (TPSA) is 144 Å². The van der Waals surface area contributed by atoms with Crippen molar-refractivity contribution < 1.29 is 14.7 Å². The van der Waals surface area contributed by atoms with Crippen molar-refractivity contribution in [3.05, 3.63) is 101 Å². The molecule has 34 heavy (non-hydrogen) atoms. The maximum absolute atomic E-state index is 12.8. The van der Waals surface area contributed by atoms with Crippen LogP contribution in [0.2, 0.25) is 0 Å². The maximum atomic E-state index is 12.8. The molecule has 5 rings (SSSR count). The van der Waals surface area contributed by atoms with Gasteiger partial charge in [0, 0.05) is 5.56 Å². The second-order valence-corrected chi connectivity index (χ2v) is 7.52. The van der Waals surface area contributed by atoms with Crippen molar-refractivity contribution in [1.82, 2.24) is 19.5 Å². The lowest BCUT2D eigenvalue weighted by atomic mass is 10.0. The minimum absolute atomic E-state index is 0.000319. The molecule has 2 heterocycles. The zero-order valence-electron chi connectivity index (χ0n) is 17.6. The van der Waals surface area contributed by atoms with Gasteiger partial charge in [-0.05, 0) is 29.3 Å². The van der Waals surface area contributed by atoms with Crippen LogP contribution < -0.4 is 11.4 Å². The third kappa shape index (κ3) is 3.61. The number of carbonyl (C=O) groups is 2. The molecule has 0 unspecified atom stereocenters. The Morgan fingerprint density at radius 2 is 1.53 bits per heavy atom. The van der Waals surface area contributed by atoms with E-state index >= 15 is 0 Å². The Labute approximate surface area is 192 Å². The minimum atomic E-state index is -1.14. The summed E-state index contributed by atoms with van der Waals surface area (Å²) in [6.07, 6.45) is 0. The number of nitrogens with two attached hydrogens (primary N) is 1. The first kappa shape index (κ1) is 20.8. The van der Waals surface area contributed by atoms with E-state index < -0.39 is 17.6 Å². The number of rotatable bonds is 5. The fourth-order valence-electron chi connectivity index (χ4n) is 3.75. The molecule has 0 bridgehead atoms. The van der Waals surface area contributed by atoms with Crippen LogP contribution in [-0.4, -0.2) is 36.5 Å². The van der Waals surface area contributed by atoms with E-state index in [1.54, 1.807) is 6.07 Å². The van der Waals surface area contributed by atoms with E-state index in [4.69, 9.17) is 5.73 Å². The molecule has 5 aromatic rings. The number of imidazole rings is 1. The summed E-state index contributed by atoms with van der Waals surface area (Å²) in [6.45, 7) is 0. The number of primary amides is 1. The SMILES string of the molecule is NC(=O)c1nc(-c2ccc(-c3ccccc3)cc2)nc2c1[nH]c(=O)n2-c1cccc(C(=O)O)c1. The number of aromatic carboxylic acids is 1. The first-order valence-corrected chi connectivity index (χ1v) is 10.2. The highest BCUT2D eigenvalue weighted by Crippen LogP contribution is 2.25. The molecule has 0 atom stereocenters. The highest BCUT2D eigenvalue weighted by atomic mass is 16.4. The van der Waals surface area contributed by atoms with Crippen molar-refractivity contribution in [2.75, 3.05) is 0 Å². The molecule has 166 valence electrons. The first-order chi connectivity index (χ1) is 16.4. The Morgan fingerprint density at radius 3 is 2.21 bits per heavy atom. The monoisotopic (exact) mass is 451 g/mol. The quantitative estimate of drug-likeness (QED) is 0.374. The number of aromatic amines is 1. The number of nitrogens with one attached hydrogen (secondary N) is 1. The van der Waals surface area contributed by atoms with Crippen LogP contribution in [0.1, 0.15) is 20.8 Å². The second-order valence-electron chi connectivity index (χ2n) is 7.52. The molecule has 2 aromatic heterocycles. The van der Waals surface area contributed by atoms with E-state index in [1.165, 1.54) is 22.8 Å². The highest BCUT2D eigenvalue weighted by Gasteiger charge is 2.20. The van der Waals surface area contributed by atoms with Gasteiger partial charge < -0.3 is 15.8 Å². The zero-order chi connectivity index (χ0) is 23.8. The highest BCUT2D eigenvalue weighted by molar-refractivity contribution is 6.02. The fraction of sp³-hybridized carbons (Fsp3) is 0. The maximum Gasteiger partial charge on any atom is 0.335 e. The average molecular weight is 451 g/mol. The van der Waals surface area contributed by atoms with E-state index in [0.717, 1.165) is 11.1 Å². The van der Waals surface area contributed by atoms with Crippen LogP contribution in [0.3, 0.4) is 0 Å². The van der Waals surface area contributed by atoms with Crippen molar-refractivity contribution in [1.29, 1.82) is 0 Å². The molecular formula is C25H17N5O4. The van der Waals surface area contributed by atoms with E-state index in [-0.39, 0.29) is 33.9 Å². The molecule has 0 spiro atoms. The molecule has 0 fully saturated rings. The molecule has 0 aliphatic heterocycles. The van der Waals surface area contributed by atoms with Crippen molar-refractivity contribution in [3.63, 3.8) is 0 Å². The van der Waals surface area contributed by atoms with Crippen molar-refractivity contribution in [2.24, 2.45) is 5.73 Å². The van der Waals surface area contributed by atoms with E-state index in [0.29, 0.717) is 5.56 Å². The summed E-state index contributed by atoms with van der Waals surface area (Å²) in [4.78, 5) is 47.7. The molecule has 0 radical (unpaired) electrons. The smallest absolute Gasteiger partial charge is 0.335 e. The minimum Gasteiger partial charge on any atom is -0.478 e. The van der Waals surface area contributed by atoms with Gasteiger partial charge in [-0.2, -0.15) is 0 Å². The summed E-state index contributed by atoms with van der Waals surface area (Å²) in [6, 6.07) is 23.1. The number of carbonyl (C=O) groups excluding carboxylic acids is 1. The average Bonchev–Trinajstić information content (AvgIpc) is 3.19. The van der Waals surface area contributed by atoms with Gasteiger partial charge >= 0.3 is 11.7 Å². The summed E-state index contributed by atoms with van der Waals surface area (Å²) in [7, 11) is 0. The van der Waals surface area contributed by atoms with Crippen LogP contribution in [0.15, 0.2) is 83.7 Å². The van der Waals surface area contributed by atoms with Crippen LogP contribution in [0, 0.1) is 0 Å². The molecule has 1 amide bonds. The number of fused-ring (bicyclic) bond motifs is 1. The van der Waals surface area contributed by atoms with Crippen LogP contribution in [0.4, 0.5) is 0 Å². The standard InChI is InChI=1S/C25H17N5O4/c26-21(31)19-20-23(30(25(34)28-20)18-8-4-7-17(13-18)24(32)33)29-22(27-19)16-11-9-15(10-12-16)14-5-2-1-3-6-14/h1-13H,(H2,26,31)(H,28,34)(H,32,33). The van der Waals surface area contributed by atoms with Gasteiger partial charge in [0.1, 0.15) is 5.52 Å². The van der Waals surface area contributed by atoms with E-state index in [1.807, 2.05) is 54.6 Å². The third-order valence-corrected chi connectivity index (χ3v) is 5.37. The predicted molar refractivity (Wildman–Crippen MR) is 126 cm³/mol. The lowest BCUT2D eigenvalue weighted by molar-refractivity contribution is 0.0696. The van der Waals surface area contributed by atoms with Gasteiger partial charge in [0.15, 0.2) is 17.2 Å². The Morgan fingerprint density at radius 1 is 0.853 bits per heavy atom. The number of hydrogen-bond donors (Lipinski definition) is 3. The normalized spacial score (nSPS) is 10.9. The molecule has 0 saturated carbocycles. The van der Waals surface area contributed by atoms with Crippen LogP contribution in [-0.2, 0) is 0 Å². The van der Waals surface area contributed by atoms with Gasteiger partial charge in [-0.3, -0.25) is 4.79 Å². The van der Waals surface area contributed by atoms with Crippen molar-refractivity contribution in [3.8, 4) is 28.2 Å². The van der Waals surface area contributed by atoms with Gasteiger partial charge in [0.05, 0.1) is 11.3 Å². The molecule has 0 saturated heterocycles. The fourth-order valence-corrected chi connectivity index (χ4v) is 3.75. The summed E-state index contributed by atoms with van der Waals surface area (Å²) >= 11 is 0. The Hall–Kier alpha value is -5.05. The lowest BCUT2D eigenvalue weighted by Gasteiger charge is -2.08. The Bertz CT molecular complexity index is 1620. The van der Waals surface area contributed by atoms with Gasteiger partial charge in [-0.25, -0.2) is 24.1 Å². The predicted octanol–water partition coefficient (Wildman–Crippen LogP) is 3.24. The zero-order valence-corrected chi connectivity index (χ0v) is 17.6. The molecule has 9 nitrogen and oxygen atoms in total.